The van der Waals surface area contributed by atoms with Crippen LogP contribution in [0.5, 0.6) is 23.0 Å². The van der Waals surface area contributed by atoms with E-state index in [-0.39, 0.29) is 11.5 Å². The molecule has 0 saturated heterocycles. The molecule has 3 aromatic rings. The summed E-state index contributed by atoms with van der Waals surface area (Å²) in [5, 5.41) is 41.8. The monoisotopic (exact) mass is 377 g/mol. The van der Waals surface area contributed by atoms with E-state index in [0.717, 1.165) is 17.3 Å². The minimum Gasteiger partial charge on any atom is -0.504 e. The molecule has 3 rings (SSSR count). The van der Waals surface area contributed by atoms with Crippen LogP contribution in [0.4, 0.5) is 5.69 Å². The normalized spacial score (nSPS) is 10.9. The molecule has 0 fully saturated rings. The number of rotatable bonds is 4. The molecule has 28 heavy (non-hydrogen) atoms. The van der Waals surface area contributed by atoms with Gasteiger partial charge in [0.25, 0.3) is 5.91 Å². The summed E-state index contributed by atoms with van der Waals surface area (Å²) in [4.78, 5) is 12.5. The number of anilines is 1. The fourth-order valence-corrected chi connectivity index (χ4v) is 2.68. The number of carbonyl (C=O) groups is 1. The molecule has 1 amide bonds. The number of carbonyl (C=O) groups excluding carboxylic acids is 1. The molecule has 0 radical (unpaired) electrons. The number of benzene rings is 3. The highest BCUT2D eigenvalue weighted by Crippen LogP contribution is 2.42. The maximum absolute atomic E-state index is 12.5. The summed E-state index contributed by atoms with van der Waals surface area (Å²) in [7, 11) is 0. The van der Waals surface area contributed by atoms with Crippen molar-refractivity contribution in [2.75, 3.05) is 5.32 Å². The Bertz CT molecular complexity index is 1050. The molecular formula is C22H19NO5. The van der Waals surface area contributed by atoms with Gasteiger partial charge in [0, 0.05) is 17.3 Å². The third-order valence-corrected chi connectivity index (χ3v) is 4.25. The molecule has 0 atom stereocenters. The van der Waals surface area contributed by atoms with E-state index in [2.05, 4.69) is 5.32 Å². The van der Waals surface area contributed by atoms with Crippen LogP contribution in [0.1, 0.15) is 27.0 Å². The number of phenols is 4. The van der Waals surface area contributed by atoms with Crippen LogP contribution in [-0.2, 0) is 0 Å². The highest BCUT2D eigenvalue weighted by atomic mass is 16.3. The largest absolute Gasteiger partial charge is 0.504 e. The lowest BCUT2D eigenvalue weighted by Crippen LogP contribution is -2.12. The zero-order chi connectivity index (χ0) is 20.3. The first-order valence-corrected chi connectivity index (χ1v) is 8.49. The maximum Gasteiger partial charge on any atom is 0.255 e. The van der Waals surface area contributed by atoms with E-state index in [1.54, 1.807) is 24.3 Å². The molecule has 6 heteroatoms. The van der Waals surface area contributed by atoms with Crippen LogP contribution in [0, 0.1) is 6.92 Å². The van der Waals surface area contributed by atoms with Crippen LogP contribution in [0.3, 0.4) is 0 Å². The van der Waals surface area contributed by atoms with Crippen molar-refractivity contribution in [2.45, 2.75) is 6.92 Å². The van der Waals surface area contributed by atoms with Gasteiger partial charge in [-0.2, -0.15) is 0 Å². The smallest absolute Gasteiger partial charge is 0.255 e. The van der Waals surface area contributed by atoms with E-state index in [9.17, 15) is 25.2 Å². The average Bonchev–Trinajstić information content (AvgIpc) is 2.68. The third kappa shape index (κ3) is 3.91. The van der Waals surface area contributed by atoms with Gasteiger partial charge < -0.3 is 25.7 Å². The zero-order valence-electron chi connectivity index (χ0n) is 15.0. The summed E-state index contributed by atoms with van der Waals surface area (Å²) in [6.45, 7) is 1.90. The number of para-hydroxylation sites is 1. The van der Waals surface area contributed by atoms with Gasteiger partial charge in [0.15, 0.2) is 23.0 Å². The fourth-order valence-electron chi connectivity index (χ4n) is 2.68. The van der Waals surface area contributed by atoms with Gasteiger partial charge in [-0.15, -0.1) is 0 Å². The Hall–Kier alpha value is -3.93. The Morgan fingerprint density at radius 1 is 0.857 bits per heavy atom. The van der Waals surface area contributed by atoms with Crippen molar-refractivity contribution >= 4 is 23.7 Å². The fraction of sp³-hybridized carbons (Fsp3) is 0.0455. The van der Waals surface area contributed by atoms with E-state index >= 15 is 0 Å². The SMILES string of the molecule is Cc1ccccc1NC(=O)c1cccc(C=Cc2c(O)c(O)cc(O)c2O)c1. The predicted octanol–water partition coefficient (Wildman–Crippen LogP) is 4.24. The van der Waals surface area contributed by atoms with Gasteiger partial charge in [-0.05, 0) is 42.3 Å². The van der Waals surface area contributed by atoms with Gasteiger partial charge in [-0.3, -0.25) is 4.79 Å². The van der Waals surface area contributed by atoms with Crippen molar-refractivity contribution in [2.24, 2.45) is 0 Å². The molecule has 0 bridgehead atoms. The number of aromatic hydroxyl groups is 4. The summed E-state index contributed by atoms with van der Waals surface area (Å²) in [5.41, 5.74) is 2.59. The quantitative estimate of drug-likeness (QED) is 0.265. The summed E-state index contributed by atoms with van der Waals surface area (Å²) >= 11 is 0. The Balaban J connectivity index is 1.85. The lowest BCUT2D eigenvalue weighted by molar-refractivity contribution is 0.102. The second kappa shape index (κ2) is 7.75. The highest BCUT2D eigenvalue weighted by molar-refractivity contribution is 6.05. The first kappa shape index (κ1) is 18.8. The van der Waals surface area contributed by atoms with Gasteiger partial charge in [0.2, 0.25) is 0 Å². The lowest BCUT2D eigenvalue weighted by atomic mass is 10.1. The number of amides is 1. The Morgan fingerprint density at radius 2 is 1.54 bits per heavy atom. The minimum atomic E-state index is -0.556. The predicted molar refractivity (Wildman–Crippen MR) is 108 cm³/mol. The van der Waals surface area contributed by atoms with Crippen LogP contribution in [-0.4, -0.2) is 26.3 Å². The number of hydrogen-bond acceptors (Lipinski definition) is 5. The van der Waals surface area contributed by atoms with E-state index < -0.39 is 23.0 Å². The summed E-state index contributed by atoms with van der Waals surface area (Å²) in [6, 6.07) is 15.0. The molecule has 0 heterocycles. The summed E-state index contributed by atoms with van der Waals surface area (Å²) in [6.07, 6.45) is 2.88. The Kier molecular flexibility index (Phi) is 5.22. The number of nitrogens with one attached hydrogen (secondary N) is 1. The van der Waals surface area contributed by atoms with Crippen LogP contribution in [0.25, 0.3) is 12.2 Å². The molecule has 3 aromatic carbocycles. The molecule has 0 aliphatic rings. The topological polar surface area (TPSA) is 110 Å². The third-order valence-electron chi connectivity index (χ3n) is 4.25. The van der Waals surface area contributed by atoms with Gasteiger partial charge >= 0.3 is 0 Å². The first-order chi connectivity index (χ1) is 13.4. The van der Waals surface area contributed by atoms with E-state index in [0.29, 0.717) is 11.1 Å². The van der Waals surface area contributed by atoms with Crippen LogP contribution in [0.15, 0.2) is 54.6 Å². The molecule has 0 aliphatic heterocycles. The number of phenolic OH excluding ortho intramolecular Hbond substituents is 4. The van der Waals surface area contributed by atoms with Crippen molar-refractivity contribution in [1.29, 1.82) is 0 Å². The van der Waals surface area contributed by atoms with Gasteiger partial charge in [0.1, 0.15) is 0 Å². The molecule has 0 aromatic heterocycles. The van der Waals surface area contributed by atoms with E-state index in [4.69, 9.17) is 0 Å². The average molecular weight is 377 g/mol. The van der Waals surface area contributed by atoms with Crippen LogP contribution < -0.4 is 5.32 Å². The highest BCUT2D eigenvalue weighted by Gasteiger charge is 2.14. The lowest BCUT2D eigenvalue weighted by Gasteiger charge is -2.09. The van der Waals surface area contributed by atoms with Gasteiger partial charge in [0.05, 0.1) is 5.56 Å². The van der Waals surface area contributed by atoms with Gasteiger partial charge in [-0.25, -0.2) is 0 Å². The minimum absolute atomic E-state index is 0.132. The van der Waals surface area contributed by atoms with Crippen molar-refractivity contribution in [3.8, 4) is 23.0 Å². The van der Waals surface area contributed by atoms with Crippen molar-refractivity contribution in [1.82, 2.24) is 0 Å². The van der Waals surface area contributed by atoms with Crippen molar-refractivity contribution in [3.63, 3.8) is 0 Å². The molecule has 0 saturated carbocycles. The Morgan fingerprint density at radius 3 is 2.21 bits per heavy atom. The maximum atomic E-state index is 12.5. The molecule has 6 nitrogen and oxygen atoms in total. The number of hydrogen-bond donors (Lipinski definition) is 5. The molecule has 0 spiro atoms. The number of aryl methyl sites for hydroxylation is 1. The summed E-state index contributed by atoms with van der Waals surface area (Å²) in [5.74, 6) is -2.49. The molecule has 5 N–H and O–H groups in total. The second-order valence-electron chi connectivity index (χ2n) is 6.25. The van der Waals surface area contributed by atoms with Crippen LogP contribution in [0.2, 0.25) is 0 Å². The molecular weight excluding hydrogens is 358 g/mol. The van der Waals surface area contributed by atoms with Crippen molar-refractivity contribution in [3.05, 3.63) is 76.9 Å². The standard InChI is InChI=1S/C22H19NO5/c1-13-5-2-3-8-17(13)23-22(28)15-7-4-6-14(11-15)9-10-16-20(26)18(24)12-19(25)21(16)27/h2-12,24-27H,1H3,(H,23,28). The summed E-state index contributed by atoms with van der Waals surface area (Å²) < 4.78 is 0. The molecule has 0 aliphatic carbocycles. The Labute approximate surface area is 161 Å². The van der Waals surface area contributed by atoms with E-state index in [1.807, 2.05) is 31.2 Å². The van der Waals surface area contributed by atoms with Gasteiger partial charge in [-0.1, -0.05) is 36.4 Å². The van der Waals surface area contributed by atoms with Crippen LogP contribution >= 0.6 is 0 Å². The zero-order valence-corrected chi connectivity index (χ0v) is 15.0. The molecule has 0 unspecified atom stereocenters. The first-order valence-electron chi connectivity index (χ1n) is 8.49. The second-order valence-corrected chi connectivity index (χ2v) is 6.25. The molecule has 142 valence electrons. The van der Waals surface area contributed by atoms with E-state index in [1.165, 1.54) is 12.2 Å². The van der Waals surface area contributed by atoms with Crippen molar-refractivity contribution < 1.29 is 25.2 Å².